The number of para-hydroxylation sites is 1. The van der Waals surface area contributed by atoms with Gasteiger partial charge in [0.2, 0.25) is 12.1 Å². The van der Waals surface area contributed by atoms with Gasteiger partial charge in [-0.3, -0.25) is 14.9 Å². The van der Waals surface area contributed by atoms with Crippen molar-refractivity contribution in [2.45, 2.75) is 50.0 Å². The number of benzene rings is 1. The fourth-order valence-electron chi connectivity index (χ4n) is 3.74. The number of nitrogens with zero attached hydrogens (tertiary/aromatic N) is 2. The number of hydrogen-bond acceptors (Lipinski definition) is 10. The van der Waals surface area contributed by atoms with Gasteiger partial charge in [0, 0.05) is 31.8 Å². The van der Waals surface area contributed by atoms with E-state index in [1.807, 2.05) is 6.07 Å². The summed E-state index contributed by atoms with van der Waals surface area (Å²) in [6.07, 6.45) is -5.82. The first-order chi connectivity index (χ1) is 19.1. The molecule has 1 aromatic carbocycles. The highest BCUT2D eigenvalue weighted by molar-refractivity contribution is 5.90. The van der Waals surface area contributed by atoms with E-state index in [0.717, 1.165) is 12.3 Å². The van der Waals surface area contributed by atoms with Crippen LogP contribution in [0.5, 0.6) is 0 Å². The molecule has 0 aliphatic carbocycles. The molecule has 0 radical (unpaired) electrons. The Morgan fingerprint density at radius 3 is 2.52 bits per heavy atom. The van der Waals surface area contributed by atoms with Gasteiger partial charge in [-0.1, -0.05) is 18.2 Å². The molecular formula is C25H30F2N4O9. The number of anilines is 2. The maximum absolute atomic E-state index is 15.0. The molecule has 1 aromatic heterocycles. The summed E-state index contributed by atoms with van der Waals surface area (Å²) in [5.41, 5.74) is -0.545. The molecule has 1 saturated heterocycles. The molecule has 2 heterocycles. The molecule has 13 nitrogen and oxygen atoms in total. The van der Waals surface area contributed by atoms with Crippen molar-refractivity contribution in [3.8, 4) is 0 Å². The van der Waals surface area contributed by atoms with Crippen LogP contribution in [0.2, 0.25) is 0 Å². The second kappa shape index (κ2) is 14.4. The van der Waals surface area contributed by atoms with E-state index in [1.54, 1.807) is 24.3 Å². The topological polar surface area (TPSA) is 167 Å². The summed E-state index contributed by atoms with van der Waals surface area (Å²) in [6.45, 7) is -0.783. The number of esters is 1. The average molecular weight is 569 g/mol. The first-order valence-corrected chi connectivity index (χ1v) is 12.4. The third-order valence-electron chi connectivity index (χ3n) is 5.75. The van der Waals surface area contributed by atoms with E-state index in [4.69, 9.17) is 18.9 Å². The molecule has 3 N–H and O–H groups in total. The highest BCUT2D eigenvalue weighted by Crippen LogP contribution is 2.43. The molecule has 3 atom stereocenters. The molecule has 40 heavy (non-hydrogen) atoms. The van der Waals surface area contributed by atoms with Crippen LogP contribution in [-0.4, -0.2) is 77.7 Å². The van der Waals surface area contributed by atoms with Crippen LogP contribution in [0.4, 0.5) is 25.1 Å². The van der Waals surface area contributed by atoms with Crippen LogP contribution in [-0.2, 0) is 28.5 Å². The van der Waals surface area contributed by atoms with Crippen LogP contribution in [0.25, 0.3) is 0 Å². The Kier molecular flexibility index (Phi) is 11.0. The van der Waals surface area contributed by atoms with Gasteiger partial charge in [0.1, 0.15) is 25.1 Å². The minimum atomic E-state index is -4.02. The quantitative estimate of drug-likeness (QED) is 0.240. The molecule has 2 aromatic rings. The number of carbonyl (C=O) groups is 3. The Hall–Kier alpha value is -3.95. The Morgan fingerprint density at radius 1 is 1.07 bits per heavy atom. The molecular weight excluding hydrogens is 538 g/mol. The van der Waals surface area contributed by atoms with Gasteiger partial charge in [-0.15, -0.1) is 0 Å². The van der Waals surface area contributed by atoms with Gasteiger partial charge in [-0.05, 0) is 31.0 Å². The fourth-order valence-corrected chi connectivity index (χ4v) is 3.74. The molecule has 1 aliphatic heterocycles. The number of aromatic nitrogens is 2. The molecule has 2 amide bonds. The minimum Gasteiger partial charge on any atom is -0.463 e. The molecule has 3 rings (SSSR count). The lowest BCUT2D eigenvalue weighted by Gasteiger charge is -2.23. The number of rotatable bonds is 13. The normalized spacial score (nSPS) is 19.6. The number of aliphatic hydroxyl groups is 1. The smallest absolute Gasteiger partial charge is 0.412 e. The predicted molar refractivity (Wildman–Crippen MR) is 135 cm³/mol. The number of unbranched alkanes of at least 4 members (excludes halogenated alkanes) is 1. The first kappa shape index (κ1) is 30.6. The van der Waals surface area contributed by atoms with Gasteiger partial charge < -0.3 is 29.4 Å². The summed E-state index contributed by atoms with van der Waals surface area (Å²) in [7, 11) is 1.38. The monoisotopic (exact) mass is 568 g/mol. The number of nitrogens with one attached hydrogen (secondary N) is 2. The lowest BCUT2D eigenvalue weighted by Crippen LogP contribution is -2.42. The van der Waals surface area contributed by atoms with Gasteiger partial charge in [0.05, 0.1) is 6.61 Å². The molecule has 15 heteroatoms. The standard InChI is InChI=1S/C25H30F2N4O9/c1-37-13-14-38-24(36)30-18-11-12-28-23(35)31(18)22-25(26,27)21(34)17(40-22)15-39-20(33)10-6-5-9-19(32)29-16-7-3-2-4-8-16/h2-4,7-8,11-12,17,21-22,34H,5-6,9-10,13-15H2,1H3,(H,29,32)(H,30,36)/t17-,21-,22-/m1/s1. The summed E-state index contributed by atoms with van der Waals surface area (Å²) in [5, 5.41) is 15.1. The predicted octanol–water partition coefficient (Wildman–Crippen LogP) is 2.07. The van der Waals surface area contributed by atoms with Crippen molar-refractivity contribution in [3.05, 3.63) is 53.1 Å². The van der Waals surface area contributed by atoms with Crippen LogP contribution in [0.15, 0.2) is 47.4 Å². The number of hydrogen-bond donors (Lipinski definition) is 3. The SMILES string of the molecule is COCCOC(=O)Nc1ccnc(=O)n1[C@@H]1O[C@H](COC(=O)CCCCC(=O)Nc2ccccc2)[C@@H](O)C1(F)F. The Bertz CT molecular complexity index is 1210. The number of alkyl halides is 2. The zero-order valence-electron chi connectivity index (χ0n) is 21.6. The van der Waals surface area contributed by atoms with E-state index in [9.17, 15) is 33.1 Å². The maximum Gasteiger partial charge on any atom is 0.412 e. The second-order valence-electron chi connectivity index (χ2n) is 8.69. The van der Waals surface area contributed by atoms with Gasteiger partial charge in [0.25, 0.3) is 0 Å². The van der Waals surface area contributed by atoms with Crippen molar-refractivity contribution in [2.24, 2.45) is 0 Å². The van der Waals surface area contributed by atoms with E-state index in [2.05, 4.69) is 15.6 Å². The number of halogens is 2. The van der Waals surface area contributed by atoms with Crippen LogP contribution in [0.1, 0.15) is 31.9 Å². The van der Waals surface area contributed by atoms with E-state index in [-0.39, 0.29) is 32.0 Å². The fraction of sp³-hybridized carbons (Fsp3) is 0.480. The average Bonchev–Trinajstić information content (AvgIpc) is 3.14. The summed E-state index contributed by atoms with van der Waals surface area (Å²) in [5.74, 6) is -5.41. The lowest BCUT2D eigenvalue weighted by atomic mass is 10.1. The highest BCUT2D eigenvalue weighted by Gasteiger charge is 2.60. The Labute approximate surface area is 227 Å². The third-order valence-corrected chi connectivity index (χ3v) is 5.75. The van der Waals surface area contributed by atoms with Crippen molar-refractivity contribution < 1.29 is 47.2 Å². The second-order valence-corrected chi connectivity index (χ2v) is 8.69. The van der Waals surface area contributed by atoms with Crippen molar-refractivity contribution in [1.29, 1.82) is 0 Å². The molecule has 0 bridgehead atoms. The maximum atomic E-state index is 15.0. The zero-order valence-corrected chi connectivity index (χ0v) is 21.6. The number of amides is 2. The third kappa shape index (κ3) is 8.27. The van der Waals surface area contributed by atoms with E-state index >= 15 is 0 Å². The summed E-state index contributed by atoms with van der Waals surface area (Å²) < 4.78 is 50.1. The summed E-state index contributed by atoms with van der Waals surface area (Å²) in [4.78, 5) is 51.8. The van der Waals surface area contributed by atoms with Crippen molar-refractivity contribution in [1.82, 2.24) is 9.55 Å². The molecule has 0 unspecified atom stereocenters. The van der Waals surface area contributed by atoms with Crippen molar-refractivity contribution >= 4 is 29.5 Å². The van der Waals surface area contributed by atoms with Gasteiger partial charge in [0.15, 0.2) is 6.10 Å². The molecule has 218 valence electrons. The molecule has 0 spiro atoms. The van der Waals surface area contributed by atoms with Gasteiger partial charge >= 0.3 is 23.7 Å². The highest BCUT2D eigenvalue weighted by atomic mass is 19.3. The van der Waals surface area contributed by atoms with Gasteiger partial charge in [-0.2, -0.15) is 8.78 Å². The summed E-state index contributed by atoms with van der Waals surface area (Å²) in [6, 6.07) is 9.92. The van der Waals surface area contributed by atoms with Crippen LogP contribution < -0.4 is 16.3 Å². The molecule has 0 saturated carbocycles. The Balaban J connectivity index is 1.51. The van der Waals surface area contributed by atoms with Crippen LogP contribution >= 0.6 is 0 Å². The van der Waals surface area contributed by atoms with Crippen LogP contribution in [0.3, 0.4) is 0 Å². The van der Waals surface area contributed by atoms with E-state index in [0.29, 0.717) is 23.1 Å². The number of ether oxygens (including phenoxy) is 4. The molecule has 1 fully saturated rings. The van der Waals surface area contributed by atoms with Gasteiger partial charge in [-0.25, -0.2) is 19.1 Å². The zero-order chi connectivity index (χ0) is 29.1. The van der Waals surface area contributed by atoms with Crippen LogP contribution in [0, 0.1) is 0 Å². The number of methoxy groups -OCH3 is 1. The number of carbonyl (C=O) groups excluding carboxylic acids is 3. The van der Waals surface area contributed by atoms with Crippen molar-refractivity contribution in [3.63, 3.8) is 0 Å². The van der Waals surface area contributed by atoms with E-state index < -0.39 is 54.5 Å². The Morgan fingerprint density at radius 2 is 1.80 bits per heavy atom. The minimum absolute atomic E-state index is 0.0799. The largest absolute Gasteiger partial charge is 0.463 e. The van der Waals surface area contributed by atoms with Crippen molar-refractivity contribution in [2.75, 3.05) is 37.6 Å². The first-order valence-electron chi connectivity index (χ1n) is 12.4. The number of aliphatic hydroxyl groups excluding tert-OH is 1. The van der Waals surface area contributed by atoms with E-state index in [1.165, 1.54) is 7.11 Å². The summed E-state index contributed by atoms with van der Waals surface area (Å²) >= 11 is 0. The lowest BCUT2D eigenvalue weighted by molar-refractivity contribution is -0.150. The molecule has 1 aliphatic rings.